The monoisotopic (exact) mass is 978 g/mol. The van der Waals surface area contributed by atoms with E-state index in [4.69, 9.17) is 0 Å². The fourth-order valence-electron chi connectivity index (χ4n) is 13.3. The lowest BCUT2D eigenvalue weighted by molar-refractivity contribution is 0.661. The molecule has 0 radical (unpaired) electrons. The molecule has 2 aromatic heterocycles. The van der Waals surface area contributed by atoms with E-state index in [1.54, 1.807) is 0 Å². The predicted octanol–water partition coefficient (Wildman–Crippen LogP) is 20.3. The molecule has 2 heteroatoms. The van der Waals surface area contributed by atoms with Crippen LogP contribution in [0.3, 0.4) is 0 Å². The predicted molar refractivity (Wildman–Crippen MR) is 327 cm³/mol. The smallest absolute Gasteiger partial charge is 0.0544 e. The van der Waals surface area contributed by atoms with Crippen molar-refractivity contribution in [3.8, 4) is 67.0 Å². The maximum Gasteiger partial charge on any atom is 0.0544 e. The normalized spacial score (nSPS) is 12.9. The summed E-state index contributed by atoms with van der Waals surface area (Å²) >= 11 is 0. The summed E-state index contributed by atoms with van der Waals surface area (Å²) in [6, 6.07) is 99.6. The molecule has 77 heavy (non-hydrogen) atoms. The zero-order chi connectivity index (χ0) is 50.9. The molecule has 0 saturated heterocycles. The molecule has 1 aliphatic rings. The van der Waals surface area contributed by atoms with E-state index in [2.05, 4.69) is 290 Å². The van der Waals surface area contributed by atoms with Crippen molar-refractivity contribution in [3.63, 3.8) is 0 Å². The van der Waals surface area contributed by atoms with Gasteiger partial charge in [0.1, 0.15) is 0 Å². The summed E-state index contributed by atoms with van der Waals surface area (Å²) in [6.45, 7) is 4.77. The van der Waals surface area contributed by atoms with Crippen molar-refractivity contribution in [1.29, 1.82) is 0 Å². The molecule has 2 heterocycles. The highest BCUT2D eigenvalue weighted by Crippen LogP contribution is 2.52. The molecule has 1 aliphatic carbocycles. The second-order valence-corrected chi connectivity index (χ2v) is 21.6. The Bertz CT molecular complexity index is 4840. The Labute approximate surface area is 447 Å². The molecule has 15 aromatic rings. The van der Waals surface area contributed by atoms with Crippen LogP contribution in [0.15, 0.2) is 267 Å². The molecular weight excluding hydrogens is 929 g/mol. The molecule has 0 fully saturated rings. The molecule has 0 atom stereocenters. The van der Waals surface area contributed by atoms with E-state index in [0.717, 1.165) is 11.4 Å². The van der Waals surface area contributed by atoms with Crippen LogP contribution in [0.1, 0.15) is 25.0 Å². The quantitative estimate of drug-likeness (QED) is 0.147. The van der Waals surface area contributed by atoms with Crippen LogP contribution in [0.5, 0.6) is 0 Å². The van der Waals surface area contributed by atoms with Crippen molar-refractivity contribution in [3.05, 3.63) is 278 Å². The van der Waals surface area contributed by atoms with Gasteiger partial charge in [0, 0.05) is 38.3 Å². The van der Waals surface area contributed by atoms with Gasteiger partial charge in [0.2, 0.25) is 0 Å². The standard InChI is InChI=1S/C75H50N2/c1-75(2)69-30-15-13-28-62(69)65-45-68-67-43-51(33-37-73(67)77(74(68)46-70(65)75)56-34-35-61-59-26-10-9-24-57(59)58-25-11-12-27-60(58)64(61)44-56)50-32-36-72-66(42-50)63-29-14-16-31-71(63)76(72)55-23-17-22-49(41-55)54-39-52(47-18-5-3-6-19-47)38-53(40-54)48-20-7-4-8-21-48/h3-46H,1-2H3. The van der Waals surface area contributed by atoms with Crippen molar-refractivity contribution >= 4 is 75.9 Å². The molecule has 13 aromatic carbocycles. The van der Waals surface area contributed by atoms with E-state index in [9.17, 15) is 0 Å². The lowest BCUT2D eigenvalue weighted by atomic mass is 9.82. The molecule has 0 bridgehead atoms. The third-order valence-corrected chi connectivity index (χ3v) is 17.0. The van der Waals surface area contributed by atoms with Gasteiger partial charge in [0.25, 0.3) is 0 Å². The zero-order valence-electron chi connectivity index (χ0n) is 42.8. The summed E-state index contributed by atoms with van der Waals surface area (Å²) in [4.78, 5) is 0. The SMILES string of the molecule is CC1(C)c2ccccc2-c2cc3c4cc(-c5ccc6c(c5)c5ccccc5n6-c5cccc(-c6cc(-c7ccccc7)cc(-c7ccccc7)c6)c5)ccc4n(-c4ccc5c6ccccc6c6ccccc6c5c4)c3cc21. The third-order valence-electron chi connectivity index (χ3n) is 17.0. The van der Waals surface area contributed by atoms with E-state index in [-0.39, 0.29) is 5.41 Å². The maximum absolute atomic E-state index is 2.53. The molecular formula is C75H50N2. The molecule has 0 aliphatic heterocycles. The molecule has 0 amide bonds. The van der Waals surface area contributed by atoms with Crippen molar-refractivity contribution in [2.75, 3.05) is 0 Å². The van der Waals surface area contributed by atoms with Gasteiger partial charge in [-0.3, -0.25) is 0 Å². The first-order valence-electron chi connectivity index (χ1n) is 26.9. The average molecular weight is 979 g/mol. The first-order chi connectivity index (χ1) is 37.9. The lowest BCUT2D eigenvalue weighted by Gasteiger charge is -2.21. The van der Waals surface area contributed by atoms with Crippen LogP contribution >= 0.6 is 0 Å². The van der Waals surface area contributed by atoms with Crippen LogP contribution < -0.4 is 0 Å². The van der Waals surface area contributed by atoms with Crippen molar-refractivity contribution in [2.24, 2.45) is 0 Å². The van der Waals surface area contributed by atoms with Crippen LogP contribution in [-0.4, -0.2) is 9.13 Å². The number of benzene rings is 13. The van der Waals surface area contributed by atoms with Gasteiger partial charge in [-0.25, -0.2) is 0 Å². The molecule has 16 rings (SSSR count). The van der Waals surface area contributed by atoms with Gasteiger partial charge in [-0.05, 0) is 184 Å². The Kier molecular flexibility index (Phi) is 9.42. The molecule has 360 valence electrons. The average Bonchev–Trinajstić information content (AvgIpc) is 4.23. The number of aromatic nitrogens is 2. The first kappa shape index (κ1) is 43.6. The van der Waals surface area contributed by atoms with Crippen LogP contribution in [0.4, 0.5) is 0 Å². The Hall–Kier alpha value is -9.76. The minimum atomic E-state index is -0.139. The Morgan fingerprint density at radius 3 is 1.32 bits per heavy atom. The van der Waals surface area contributed by atoms with E-state index < -0.39 is 0 Å². The van der Waals surface area contributed by atoms with E-state index >= 15 is 0 Å². The summed E-state index contributed by atoms with van der Waals surface area (Å²) in [7, 11) is 0. The van der Waals surface area contributed by atoms with Gasteiger partial charge < -0.3 is 9.13 Å². The number of fused-ring (bicyclic) bond motifs is 15. The van der Waals surface area contributed by atoms with Gasteiger partial charge in [0.05, 0.1) is 22.1 Å². The number of hydrogen-bond acceptors (Lipinski definition) is 0. The van der Waals surface area contributed by atoms with Gasteiger partial charge >= 0.3 is 0 Å². The van der Waals surface area contributed by atoms with Gasteiger partial charge in [-0.15, -0.1) is 0 Å². The second-order valence-electron chi connectivity index (χ2n) is 21.6. The van der Waals surface area contributed by atoms with Crippen LogP contribution in [-0.2, 0) is 5.41 Å². The lowest BCUT2D eigenvalue weighted by Crippen LogP contribution is -2.14. The Morgan fingerprint density at radius 2 is 0.675 bits per heavy atom. The minimum absolute atomic E-state index is 0.139. The summed E-state index contributed by atoms with van der Waals surface area (Å²) < 4.78 is 4.98. The summed E-state index contributed by atoms with van der Waals surface area (Å²) in [6.07, 6.45) is 0. The van der Waals surface area contributed by atoms with E-state index in [0.29, 0.717) is 0 Å². The maximum atomic E-state index is 2.53. The van der Waals surface area contributed by atoms with Crippen LogP contribution in [0.25, 0.3) is 143 Å². The third kappa shape index (κ3) is 6.62. The number of rotatable bonds is 6. The highest BCUT2D eigenvalue weighted by atomic mass is 15.0. The Morgan fingerprint density at radius 1 is 0.221 bits per heavy atom. The van der Waals surface area contributed by atoms with Gasteiger partial charge in [-0.2, -0.15) is 0 Å². The highest BCUT2D eigenvalue weighted by molar-refractivity contribution is 6.26. The summed E-state index contributed by atoms with van der Waals surface area (Å²) in [5, 5.41) is 12.7. The van der Waals surface area contributed by atoms with Crippen LogP contribution in [0.2, 0.25) is 0 Å². The van der Waals surface area contributed by atoms with Gasteiger partial charge in [0.15, 0.2) is 0 Å². The fraction of sp³-hybridized carbons (Fsp3) is 0.0400. The zero-order valence-corrected chi connectivity index (χ0v) is 42.8. The summed E-state index contributed by atoms with van der Waals surface area (Å²) in [5.74, 6) is 0. The molecule has 0 N–H and O–H groups in total. The summed E-state index contributed by atoms with van der Waals surface area (Å²) in [5.41, 5.74) is 21.9. The second kappa shape index (κ2) is 16.6. The number of hydrogen-bond donors (Lipinski definition) is 0. The first-order valence-corrected chi connectivity index (χ1v) is 26.9. The molecule has 0 saturated carbocycles. The fourth-order valence-corrected chi connectivity index (χ4v) is 13.3. The minimum Gasteiger partial charge on any atom is -0.309 e. The molecule has 0 spiro atoms. The van der Waals surface area contributed by atoms with E-state index in [1.807, 2.05) is 0 Å². The topological polar surface area (TPSA) is 9.86 Å². The van der Waals surface area contributed by atoms with Crippen molar-refractivity contribution in [2.45, 2.75) is 19.3 Å². The number of para-hydroxylation sites is 1. The Balaban J connectivity index is 0.867. The molecule has 2 nitrogen and oxygen atoms in total. The largest absolute Gasteiger partial charge is 0.309 e. The number of nitrogens with zero attached hydrogens (tertiary/aromatic N) is 2. The molecule has 0 unspecified atom stereocenters. The highest BCUT2D eigenvalue weighted by Gasteiger charge is 2.36. The van der Waals surface area contributed by atoms with E-state index in [1.165, 1.54) is 143 Å². The van der Waals surface area contributed by atoms with Gasteiger partial charge in [-0.1, -0.05) is 196 Å². The van der Waals surface area contributed by atoms with Crippen molar-refractivity contribution in [1.82, 2.24) is 9.13 Å². The van der Waals surface area contributed by atoms with Crippen LogP contribution in [0, 0.1) is 0 Å². The van der Waals surface area contributed by atoms with Crippen molar-refractivity contribution < 1.29 is 0 Å².